The number of hydrogen-bond donors (Lipinski definition) is 2. The number of benzene rings is 2. The van der Waals surface area contributed by atoms with E-state index in [2.05, 4.69) is 10.3 Å². The van der Waals surface area contributed by atoms with E-state index in [4.69, 9.17) is 21.1 Å². The molecule has 0 unspecified atom stereocenters. The van der Waals surface area contributed by atoms with Crippen molar-refractivity contribution < 1.29 is 19.4 Å². The average molecular weight is 433 g/mol. The normalized spacial score (nSPS) is 10.6. The maximum absolute atomic E-state index is 12.8. The molecule has 152 valence electrons. The van der Waals surface area contributed by atoms with Crippen molar-refractivity contribution in [3.05, 3.63) is 63.6 Å². The lowest BCUT2D eigenvalue weighted by Crippen LogP contribution is -2.23. The van der Waals surface area contributed by atoms with E-state index in [9.17, 15) is 9.90 Å². The second kappa shape index (κ2) is 9.73. The second-order valence-corrected chi connectivity index (χ2v) is 7.58. The molecule has 1 amide bonds. The second-order valence-electron chi connectivity index (χ2n) is 6.15. The number of nitrogens with zero attached hydrogens (tertiary/aromatic N) is 1. The molecule has 0 spiro atoms. The summed E-state index contributed by atoms with van der Waals surface area (Å²) < 4.78 is 10.5. The van der Waals surface area contributed by atoms with Crippen LogP contribution >= 0.6 is 22.9 Å². The number of ether oxygens (including phenoxy) is 2. The van der Waals surface area contributed by atoms with Crippen molar-refractivity contribution in [2.45, 2.75) is 13.0 Å². The minimum Gasteiger partial charge on any atom is -0.493 e. The predicted octanol–water partition coefficient (Wildman–Crippen LogP) is 3.95. The van der Waals surface area contributed by atoms with Crippen LogP contribution in [0.2, 0.25) is 5.02 Å². The van der Waals surface area contributed by atoms with Gasteiger partial charge in [0.2, 0.25) is 0 Å². The first-order valence-electron chi connectivity index (χ1n) is 8.91. The molecule has 6 nitrogen and oxygen atoms in total. The lowest BCUT2D eigenvalue weighted by molar-refractivity contribution is 0.0953. The summed E-state index contributed by atoms with van der Waals surface area (Å²) in [7, 11) is 3.14. The zero-order valence-electron chi connectivity index (χ0n) is 16.1. The number of aromatic nitrogens is 1. The van der Waals surface area contributed by atoms with E-state index in [1.807, 2.05) is 24.3 Å². The number of nitrogens with one attached hydrogen (secondary N) is 1. The molecule has 0 radical (unpaired) electrons. The van der Waals surface area contributed by atoms with Crippen molar-refractivity contribution in [3.63, 3.8) is 0 Å². The van der Waals surface area contributed by atoms with Crippen molar-refractivity contribution in [1.82, 2.24) is 10.3 Å². The van der Waals surface area contributed by atoms with E-state index in [0.29, 0.717) is 45.1 Å². The predicted molar refractivity (Wildman–Crippen MR) is 114 cm³/mol. The molecule has 1 heterocycles. The van der Waals surface area contributed by atoms with E-state index in [0.717, 1.165) is 11.1 Å². The molecular formula is C21H21ClN2O4S. The Morgan fingerprint density at radius 3 is 2.52 bits per heavy atom. The maximum Gasteiger partial charge on any atom is 0.263 e. The van der Waals surface area contributed by atoms with Crippen molar-refractivity contribution in [2.75, 3.05) is 20.8 Å². The minimum atomic E-state index is -0.235. The zero-order valence-corrected chi connectivity index (χ0v) is 17.6. The van der Waals surface area contributed by atoms with Crippen molar-refractivity contribution in [2.24, 2.45) is 0 Å². The van der Waals surface area contributed by atoms with Crippen LogP contribution in [0.25, 0.3) is 10.6 Å². The molecule has 2 aromatic carbocycles. The van der Waals surface area contributed by atoms with Gasteiger partial charge in [0, 0.05) is 30.2 Å². The third-order valence-corrected chi connectivity index (χ3v) is 5.64. The molecule has 0 aliphatic heterocycles. The zero-order chi connectivity index (χ0) is 20.8. The molecular weight excluding hydrogens is 412 g/mol. The van der Waals surface area contributed by atoms with Gasteiger partial charge in [-0.05, 0) is 29.8 Å². The fourth-order valence-electron chi connectivity index (χ4n) is 2.77. The highest BCUT2D eigenvalue weighted by molar-refractivity contribution is 7.17. The van der Waals surface area contributed by atoms with E-state index >= 15 is 0 Å². The lowest BCUT2D eigenvalue weighted by atomic mass is 10.2. The number of halogens is 1. The van der Waals surface area contributed by atoms with Crippen LogP contribution in [-0.2, 0) is 13.0 Å². The number of amides is 1. The molecule has 0 bridgehead atoms. The summed E-state index contributed by atoms with van der Waals surface area (Å²) in [6.07, 6.45) is 0.309. The Morgan fingerprint density at radius 2 is 1.86 bits per heavy atom. The molecule has 0 saturated heterocycles. The van der Waals surface area contributed by atoms with Gasteiger partial charge in [-0.3, -0.25) is 4.79 Å². The fraction of sp³-hybridized carbons (Fsp3) is 0.238. The number of carbonyl (C=O) groups excluding carboxylic acids is 1. The van der Waals surface area contributed by atoms with Crippen LogP contribution in [0.5, 0.6) is 11.5 Å². The smallest absolute Gasteiger partial charge is 0.263 e. The number of methoxy groups -OCH3 is 2. The Bertz CT molecular complexity index is 989. The van der Waals surface area contributed by atoms with Crippen LogP contribution in [-0.4, -0.2) is 36.8 Å². The molecule has 29 heavy (non-hydrogen) atoms. The first kappa shape index (κ1) is 21.1. The number of aliphatic hydroxyl groups is 1. The molecule has 1 aromatic heterocycles. The summed E-state index contributed by atoms with van der Waals surface area (Å²) in [5.74, 6) is 0.992. The number of hydrogen-bond acceptors (Lipinski definition) is 6. The van der Waals surface area contributed by atoms with Gasteiger partial charge >= 0.3 is 0 Å². The number of rotatable bonds is 8. The Morgan fingerprint density at radius 1 is 1.14 bits per heavy atom. The van der Waals surface area contributed by atoms with Crippen molar-refractivity contribution in [3.8, 4) is 22.1 Å². The molecule has 0 atom stereocenters. The molecule has 8 heteroatoms. The number of carbonyl (C=O) groups is 1. The average Bonchev–Trinajstić information content (AvgIpc) is 3.16. The van der Waals surface area contributed by atoms with Crippen molar-refractivity contribution >= 4 is 28.8 Å². The Kier molecular flexibility index (Phi) is 7.09. The molecule has 3 rings (SSSR count). The van der Waals surface area contributed by atoms with Crippen LogP contribution in [0, 0.1) is 0 Å². The van der Waals surface area contributed by atoms with Gasteiger partial charge in [0.05, 0.1) is 19.9 Å². The molecule has 2 N–H and O–H groups in total. The molecule has 0 aliphatic rings. The Balaban J connectivity index is 1.78. The number of thiazole rings is 1. The first-order chi connectivity index (χ1) is 14.0. The van der Waals surface area contributed by atoms with Crippen molar-refractivity contribution in [1.29, 1.82) is 0 Å². The monoisotopic (exact) mass is 432 g/mol. The molecule has 0 aliphatic carbocycles. The molecule has 0 saturated carbocycles. The quantitative estimate of drug-likeness (QED) is 0.563. The highest BCUT2D eigenvalue weighted by Crippen LogP contribution is 2.30. The van der Waals surface area contributed by atoms with Crippen LogP contribution < -0.4 is 14.8 Å². The van der Waals surface area contributed by atoms with Gasteiger partial charge in [-0.2, -0.15) is 0 Å². The van der Waals surface area contributed by atoms with Gasteiger partial charge in [-0.15, -0.1) is 11.3 Å². The standard InChI is InChI=1S/C21H21ClN2O4S/c1-27-17-8-3-13(11-18(17)28-2)12-23-20(26)19-16(9-10-25)24-21(29-19)14-4-6-15(22)7-5-14/h3-8,11,25H,9-10,12H2,1-2H3,(H,23,26). The van der Waals surface area contributed by atoms with Crippen LogP contribution in [0.4, 0.5) is 0 Å². The van der Waals surface area contributed by atoms with Gasteiger partial charge < -0.3 is 19.9 Å². The summed E-state index contributed by atoms with van der Waals surface area (Å²) >= 11 is 7.24. The molecule has 3 aromatic rings. The Labute approximate surface area is 178 Å². The van der Waals surface area contributed by atoms with Gasteiger partial charge in [0.1, 0.15) is 9.88 Å². The topological polar surface area (TPSA) is 80.7 Å². The summed E-state index contributed by atoms with van der Waals surface area (Å²) in [5.41, 5.74) is 2.33. The summed E-state index contributed by atoms with van der Waals surface area (Å²) in [6.45, 7) is 0.242. The van der Waals surface area contributed by atoms with Crippen LogP contribution in [0.1, 0.15) is 20.9 Å². The minimum absolute atomic E-state index is 0.0836. The van der Waals surface area contributed by atoms with Crippen LogP contribution in [0.15, 0.2) is 42.5 Å². The number of aliphatic hydroxyl groups excluding tert-OH is 1. The van der Waals surface area contributed by atoms with Crippen LogP contribution in [0.3, 0.4) is 0 Å². The summed E-state index contributed by atoms with van der Waals surface area (Å²) in [6, 6.07) is 12.7. The molecule has 0 fully saturated rings. The maximum atomic E-state index is 12.8. The SMILES string of the molecule is COc1ccc(CNC(=O)c2sc(-c3ccc(Cl)cc3)nc2CCO)cc1OC. The summed E-state index contributed by atoms with van der Waals surface area (Å²) in [4.78, 5) is 17.8. The third kappa shape index (κ3) is 5.06. The highest BCUT2D eigenvalue weighted by Gasteiger charge is 2.19. The van der Waals surface area contributed by atoms with Gasteiger partial charge in [0.15, 0.2) is 11.5 Å². The van der Waals surface area contributed by atoms with E-state index in [1.165, 1.54) is 11.3 Å². The van der Waals surface area contributed by atoms with E-state index in [1.54, 1.807) is 32.4 Å². The highest BCUT2D eigenvalue weighted by atomic mass is 35.5. The third-order valence-electron chi connectivity index (χ3n) is 4.24. The van der Waals surface area contributed by atoms with E-state index < -0.39 is 0 Å². The van der Waals surface area contributed by atoms with Gasteiger partial charge in [-0.1, -0.05) is 29.8 Å². The largest absolute Gasteiger partial charge is 0.493 e. The van der Waals surface area contributed by atoms with E-state index in [-0.39, 0.29) is 12.5 Å². The fourth-order valence-corrected chi connectivity index (χ4v) is 3.93. The van der Waals surface area contributed by atoms with Gasteiger partial charge in [-0.25, -0.2) is 4.98 Å². The van der Waals surface area contributed by atoms with Gasteiger partial charge in [0.25, 0.3) is 5.91 Å². The first-order valence-corrected chi connectivity index (χ1v) is 10.1. The summed E-state index contributed by atoms with van der Waals surface area (Å²) in [5, 5.41) is 13.6. The Hall–Kier alpha value is -2.61. The lowest BCUT2D eigenvalue weighted by Gasteiger charge is -2.10.